The summed E-state index contributed by atoms with van der Waals surface area (Å²) in [4.78, 5) is 10.7. The van der Waals surface area contributed by atoms with Crippen LogP contribution in [0.25, 0.3) is 10.4 Å². The summed E-state index contributed by atoms with van der Waals surface area (Å²) in [6.07, 6.45) is 0.222. The second-order valence-electron chi connectivity index (χ2n) is 3.09. The number of benzene rings is 1. The van der Waals surface area contributed by atoms with Crippen LogP contribution in [0.4, 0.5) is 0 Å². The molecule has 0 atom stereocenters. The summed E-state index contributed by atoms with van der Waals surface area (Å²) in [5.74, 6) is -0.745. The highest BCUT2D eigenvalue weighted by Gasteiger charge is 1.93. The minimum Gasteiger partial charge on any atom is -0.481 e. The van der Waals surface area contributed by atoms with E-state index in [9.17, 15) is 4.79 Å². The summed E-state index contributed by atoms with van der Waals surface area (Å²) in [5.41, 5.74) is 1.31. The Bertz CT molecular complexity index is 407. The van der Waals surface area contributed by atoms with Gasteiger partial charge in [0.2, 0.25) is 0 Å². The smallest absolute Gasteiger partial charge is 0.303 e. The van der Waals surface area contributed by atoms with Gasteiger partial charge in [0.25, 0.3) is 0 Å². The van der Waals surface area contributed by atoms with Crippen LogP contribution in [0, 0.1) is 0 Å². The van der Waals surface area contributed by atoms with Crippen molar-refractivity contribution in [3.8, 4) is 10.4 Å². The van der Waals surface area contributed by atoms with Crippen molar-refractivity contribution in [2.45, 2.75) is 13.3 Å². The van der Waals surface area contributed by atoms with Gasteiger partial charge in [0.15, 0.2) is 0 Å². The Morgan fingerprint density at radius 1 is 1.19 bits per heavy atom. The van der Waals surface area contributed by atoms with Crippen molar-refractivity contribution in [2.24, 2.45) is 0 Å². The maximum Gasteiger partial charge on any atom is 0.303 e. The number of thiophene rings is 1. The minimum atomic E-state index is -0.745. The molecule has 2 rings (SSSR count). The summed E-state index contributed by atoms with van der Waals surface area (Å²) in [6.45, 7) is 1.60. The fourth-order valence-electron chi connectivity index (χ4n) is 1.05. The molecule has 2 aromatic rings. The van der Waals surface area contributed by atoms with E-state index in [1.165, 1.54) is 10.4 Å². The molecule has 0 saturated heterocycles. The number of hydrogen-bond acceptors (Lipinski definition) is 2. The second kappa shape index (κ2) is 6.80. The first-order valence-corrected chi connectivity index (χ1v) is 5.92. The number of aliphatic carboxylic acids is 1. The van der Waals surface area contributed by atoms with E-state index >= 15 is 0 Å². The van der Waals surface area contributed by atoms with Crippen LogP contribution in [0.3, 0.4) is 0 Å². The molecule has 0 aliphatic carbocycles. The van der Waals surface area contributed by atoms with Gasteiger partial charge in [-0.05, 0) is 17.0 Å². The average Bonchev–Trinajstić information content (AvgIpc) is 2.84. The lowest BCUT2D eigenvalue weighted by Crippen LogP contribution is -1.86. The Hall–Kier alpha value is -1.61. The normalized spacial score (nSPS) is 9.06. The topological polar surface area (TPSA) is 37.3 Å². The van der Waals surface area contributed by atoms with Crippen LogP contribution >= 0.6 is 11.3 Å². The number of hydrogen-bond donors (Lipinski definition) is 1. The Balaban J connectivity index is 0.000000221. The largest absolute Gasteiger partial charge is 0.481 e. The third-order valence-corrected chi connectivity index (χ3v) is 2.80. The van der Waals surface area contributed by atoms with Gasteiger partial charge in [-0.25, -0.2) is 0 Å². The predicted octanol–water partition coefficient (Wildman–Crippen LogP) is 3.90. The van der Waals surface area contributed by atoms with E-state index in [1.54, 1.807) is 18.3 Å². The molecule has 1 aromatic heterocycles. The van der Waals surface area contributed by atoms with Gasteiger partial charge < -0.3 is 5.11 Å². The molecule has 0 fully saturated rings. The monoisotopic (exact) mass is 234 g/mol. The molecule has 16 heavy (non-hydrogen) atoms. The molecule has 3 heteroatoms. The Kier molecular flexibility index (Phi) is 5.29. The third kappa shape index (κ3) is 4.28. The van der Waals surface area contributed by atoms with E-state index in [0.717, 1.165) is 0 Å². The molecule has 84 valence electrons. The van der Waals surface area contributed by atoms with Gasteiger partial charge in [-0.2, -0.15) is 0 Å². The van der Waals surface area contributed by atoms with E-state index in [4.69, 9.17) is 5.11 Å². The molecule has 0 unspecified atom stereocenters. The molecular weight excluding hydrogens is 220 g/mol. The molecular formula is C13H14O2S. The fraction of sp³-hybridized carbons (Fsp3) is 0.154. The summed E-state index contributed by atoms with van der Waals surface area (Å²) < 4.78 is 0. The van der Waals surface area contributed by atoms with Crippen molar-refractivity contribution in [1.29, 1.82) is 0 Å². The summed E-state index contributed by atoms with van der Waals surface area (Å²) >= 11 is 1.78. The van der Waals surface area contributed by atoms with Crippen LogP contribution in [-0.2, 0) is 4.79 Å². The highest BCUT2D eigenvalue weighted by atomic mass is 32.1. The van der Waals surface area contributed by atoms with Crippen LogP contribution < -0.4 is 0 Å². The van der Waals surface area contributed by atoms with Gasteiger partial charge in [-0.1, -0.05) is 43.3 Å². The lowest BCUT2D eigenvalue weighted by Gasteiger charge is -1.93. The van der Waals surface area contributed by atoms with Crippen LogP contribution in [0.1, 0.15) is 13.3 Å². The standard InChI is InChI=1S/C10H8S.C3H6O2/c1-2-5-9(6-3-1)10-7-4-8-11-10;1-2-3(4)5/h1-8H;2H2,1H3,(H,4,5). The van der Waals surface area contributed by atoms with Gasteiger partial charge in [0.1, 0.15) is 0 Å². The fourth-order valence-corrected chi connectivity index (χ4v) is 1.78. The van der Waals surface area contributed by atoms with Crippen LogP contribution in [-0.4, -0.2) is 11.1 Å². The lowest BCUT2D eigenvalue weighted by molar-refractivity contribution is -0.136. The first-order valence-electron chi connectivity index (χ1n) is 5.04. The lowest BCUT2D eigenvalue weighted by atomic mass is 10.2. The highest BCUT2D eigenvalue weighted by Crippen LogP contribution is 2.23. The zero-order valence-electron chi connectivity index (χ0n) is 9.09. The number of carboxylic acid groups (broad SMARTS) is 1. The molecule has 0 aliphatic heterocycles. The van der Waals surface area contributed by atoms with E-state index in [2.05, 4.69) is 41.8 Å². The average molecular weight is 234 g/mol. The quantitative estimate of drug-likeness (QED) is 0.855. The van der Waals surface area contributed by atoms with Gasteiger partial charge in [-0.3, -0.25) is 4.79 Å². The molecule has 1 heterocycles. The van der Waals surface area contributed by atoms with Gasteiger partial charge in [-0.15, -0.1) is 11.3 Å². The van der Waals surface area contributed by atoms with Crippen molar-refractivity contribution < 1.29 is 9.90 Å². The Morgan fingerprint density at radius 2 is 1.81 bits per heavy atom. The molecule has 0 radical (unpaired) electrons. The molecule has 0 saturated carbocycles. The summed E-state index contributed by atoms with van der Waals surface area (Å²) in [7, 11) is 0. The zero-order valence-corrected chi connectivity index (χ0v) is 9.91. The van der Waals surface area contributed by atoms with Gasteiger partial charge in [0, 0.05) is 11.3 Å². The van der Waals surface area contributed by atoms with Crippen molar-refractivity contribution in [3.63, 3.8) is 0 Å². The summed E-state index contributed by atoms with van der Waals surface area (Å²) in [5, 5.41) is 9.82. The molecule has 0 aliphatic rings. The van der Waals surface area contributed by atoms with Crippen LogP contribution in [0.15, 0.2) is 47.8 Å². The van der Waals surface area contributed by atoms with E-state index in [1.807, 2.05) is 6.07 Å². The molecule has 0 bridgehead atoms. The maximum absolute atomic E-state index is 9.37. The van der Waals surface area contributed by atoms with Gasteiger partial charge >= 0.3 is 5.97 Å². The van der Waals surface area contributed by atoms with Crippen LogP contribution in [0.2, 0.25) is 0 Å². The van der Waals surface area contributed by atoms with Crippen molar-refractivity contribution >= 4 is 17.3 Å². The van der Waals surface area contributed by atoms with E-state index in [0.29, 0.717) is 0 Å². The SMILES string of the molecule is CCC(=O)O.c1ccc(-c2cccs2)cc1. The number of rotatable bonds is 2. The zero-order chi connectivity index (χ0) is 11.8. The molecule has 2 nitrogen and oxygen atoms in total. The highest BCUT2D eigenvalue weighted by molar-refractivity contribution is 7.13. The molecule has 0 spiro atoms. The van der Waals surface area contributed by atoms with E-state index in [-0.39, 0.29) is 6.42 Å². The number of carbonyl (C=O) groups is 1. The Labute approximate surface area is 99.2 Å². The summed E-state index contributed by atoms with van der Waals surface area (Å²) in [6, 6.07) is 14.6. The Morgan fingerprint density at radius 3 is 2.25 bits per heavy atom. The van der Waals surface area contributed by atoms with Crippen molar-refractivity contribution in [3.05, 3.63) is 47.8 Å². The molecule has 1 aromatic carbocycles. The van der Waals surface area contributed by atoms with E-state index < -0.39 is 5.97 Å². The maximum atomic E-state index is 9.37. The first-order chi connectivity index (χ1) is 7.74. The molecule has 1 N–H and O–H groups in total. The molecule has 0 amide bonds. The second-order valence-corrected chi connectivity index (χ2v) is 4.04. The predicted molar refractivity (Wildman–Crippen MR) is 67.7 cm³/mol. The first kappa shape index (κ1) is 12.5. The minimum absolute atomic E-state index is 0.222. The third-order valence-electron chi connectivity index (χ3n) is 1.88. The number of carboxylic acids is 1. The van der Waals surface area contributed by atoms with Crippen molar-refractivity contribution in [1.82, 2.24) is 0 Å². The van der Waals surface area contributed by atoms with Gasteiger partial charge in [0.05, 0.1) is 0 Å². The van der Waals surface area contributed by atoms with Crippen LogP contribution in [0.5, 0.6) is 0 Å². The van der Waals surface area contributed by atoms with Crippen molar-refractivity contribution in [2.75, 3.05) is 0 Å².